The number of carbonyl (C=O) groups is 1. The quantitative estimate of drug-likeness (QED) is 0.120. The third-order valence-electron chi connectivity index (χ3n) is 15.6. The van der Waals surface area contributed by atoms with Crippen molar-refractivity contribution >= 4 is 40.3 Å². The third kappa shape index (κ3) is 15.6. The van der Waals surface area contributed by atoms with Crippen molar-refractivity contribution in [2.75, 3.05) is 153 Å². The van der Waals surface area contributed by atoms with Gasteiger partial charge in [0.25, 0.3) is 5.91 Å². The summed E-state index contributed by atoms with van der Waals surface area (Å²) >= 11 is 0. The van der Waals surface area contributed by atoms with E-state index in [9.17, 15) is 4.79 Å². The molecule has 21 heteroatoms. The predicted octanol–water partition coefficient (Wildman–Crippen LogP) is 6.49. The van der Waals surface area contributed by atoms with Gasteiger partial charge < -0.3 is 62.0 Å². The molecule has 0 bridgehead atoms. The fourth-order valence-electron chi connectivity index (χ4n) is 10.4. The SMILES string of the molecule is CN1CCN(C(=O)c2ccc(-c3ccncc3N)cn2)CC1.CN1CCN(c2ccc(-c3ccncc3N)cn2)CC1.Cc1nc(N2CCN(C)CC2)ccc1-c1ccncc1N.Cc1nc(O[C@H]2CCN(C)C2)ccc1-c1ccncc1N. The van der Waals surface area contributed by atoms with Crippen LogP contribution in [0.2, 0.25) is 0 Å². The van der Waals surface area contributed by atoms with Crippen molar-refractivity contribution in [3.63, 3.8) is 0 Å². The normalized spacial score (nSPS) is 16.8. The van der Waals surface area contributed by atoms with Gasteiger partial charge in [0.05, 0.1) is 47.5 Å². The van der Waals surface area contributed by atoms with Gasteiger partial charge in [-0.25, -0.2) is 15.0 Å². The van der Waals surface area contributed by atoms with Crippen molar-refractivity contribution in [1.29, 1.82) is 0 Å². The summed E-state index contributed by atoms with van der Waals surface area (Å²) in [6, 6.07) is 23.5. The molecule has 0 aromatic carbocycles. The third-order valence-corrected chi connectivity index (χ3v) is 15.6. The van der Waals surface area contributed by atoms with Crippen LogP contribution < -0.4 is 37.5 Å². The monoisotopic (exact) mass is 1130 g/mol. The van der Waals surface area contributed by atoms with Crippen molar-refractivity contribution in [2.24, 2.45) is 0 Å². The first kappa shape index (κ1) is 59.7. The van der Waals surface area contributed by atoms with E-state index in [0.717, 1.165) is 166 Å². The zero-order chi connectivity index (χ0) is 59.1. The first-order valence-corrected chi connectivity index (χ1v) is 28.5. The summed E-state index contributed by atoms with van der Waals surface area (Å²) in [5.41, 5.74) is 36.7. The van der Waals surface area contributed by atoms with Gasteiger partial charge in [0.1, 0.15) is 23.4 Å². The molecule has 4 saturated heterocycles. The number of anilines is 6. The number of carbonyl (C=O) groups excluding carboxylic acids is 1. The second-order valence-corrected chi connectivity index (χ2v) is 21.7. The second-order valence-electron chi connectivity index (χ2n) is 21.7. The molecular formula is C63H79N19O2. The van der Waals surface area contributed by atoms with Crippen LogP contribution in [-0.4, -0.2) is 196 Å². The van der Waals surface area contributed by atoms with Gasteiger partial charge in [0.15, 0.2) is 0 Å². The minimum atomic E-state index is -0.0117. The molecule has 12 rings (SSSR count). The van der Waals surface area contributed by atoms with Crippen molar-refractivity contribution < 1.29 is 9.53 Å². The zero-order valence-electron chi connectivity index (χ0n) is 49.2. The zero-order valence-corrected chi connectivity index (χ0v) is 49.2. The Morgan fingerprint density at radius 2 is 0.881 bits per heavy atom. The summed E-state index contributed by atoms with van der Waals surface area (Å²) < 4.78 is 5.95. The van der Waals surface area contributed by atoms with E-state index in [1.807, 2.05) is 67.4 Å². The molecule has 8 aromatic rings. The topological polar surface area (TPSA) is 256 Å². The number of ether oxygens (including phenoxy) is 1. The number of aryl methyl sites for hydroxylation is 2. The van der Waals surface area contributed by atoms with Crippen LogP contribution in [-0.2, 0) is 0 Å². The molecule has 84 heavy (non-hydrogen) atoms. The van der Waals surface area contributed by atoms with Crippen LogP contribution in [0.25, 0.3) is 44.5 Å². The van der Waals surface area contributed by atoms with E-state index in [-0.39, 0.29) is 12.0 Å². The van der Waals surface area contributed by atoms with Crippen LogP contribution in [0.3, 0.4) is 0 Å². The number of pyridine rings is 8. The lowest BCUT2D eigenvalue weighted by atomic mass is 10.0. The Kier molecular flexibility index (Phi) is 20.2. The molecule has 0 spiro atoms. The minimum absolute atomic E-state index is 0.0117. The van der Waals surface area contributed by atoms with E-state index in [1.165, 1.54) is 0 Å². The van der Waals surface area contributed by atoms with Gasteiger partial charge in [0.2, 0.25) is 5.88 Å². The number of piperazine rings is 3. The number of hydrogen-bond donors (Lipinski definition) is 4. The Balaban J connectivity index is 0.000000134. The summed E-state index contributed by atoms with van der Waals surface area (Å²) in [6.07, 6.45) is 18.4. The number of hydrogen-bond acceptors (Lipinski definition) is 20. The number of nitrogen functional groups attached to an aromatic ring is 4. The first-order chi connectivity index (χ1) is 40.7. The van der Waals surface area contributed by atoms with Gasteiger partial charge in [0, 0.05) is 191 Å². The van der Waals surface area contributed by atoms with Gasteiger partial charge in [-0.15, -0.1) is 0 Å². The summed E-state index contributed by atoms with van der Waals surface area (Å²) in [4.78, 5) is 62.4. The summed E-state index contributed by atoms with van der Waals surface area (Å²) in [7, 11) is 8.48. The van der Waals surface area contributed by atoms with Crippen LogP contribution in [0.4, 0.5) is 34.4 Å². The lowest BCUT2D eigenvalue weighted by Crippen LogP contribution is -2.47. The predicted molar refractivity (Wildman–Crippen MR) is 336 cm³/mol. The molecule has 0 radical (unpaired) electrons. The van der Waals surface area contributed by atoms with Crippen molar-refractivity contribution in [3.8, 4) is 50.4 Å². The van der Waals surface area contributed by atoms with Crippen LogP contribution in [0.5, 0.6) is 5.88 Å². The lowest BCUT2D eigenvalue weighted by molar-refractivity contribution is 0.0658. The molecule has 12 heterocycles. The van der Waals surface area contributed by atoms with Gasteiger partial charge in [-0.1, -0.05) is 6.07 Å². The number of nitrogens with two attached hydrogens (primary N) is 4. The number of rotatable bonds is 9. The van der Waals surface area contributed by atoms with Gasteiger partial charge in [-0.2, -0.15) is 0 Å². The van der Waals surface area contributed by atoms with Gasteiger partial charge in [-0.05, 0) is 109 Å². The first-order valence-electron chi connectivity index (χ1n) is 28.5. The molecule has 0 aliphatic carbocycles. The average Bonchev–Trinajstić information content (AvgIpc) is 3.95. The maximum absolute atomic E-state index is 12.4. The molecule has 0 unspecified atom stereocenters. The molecule has 438 valence electrons. The molecule has 1 amide bonds. The molecule has 0 saturated carbocycles. The molecule has 4 fully saturated rings. The largest absolute Gasteiger partial charge is 0.473 e. The molecule has 8 N–H and O–H groups in total. The second kappa shape index (κ2) is 28.4. The van der Waals surface area contributed by atoms with Crippen molar-refractivity contribution in [3.05, 3.63) is 152 Å². The Bertz CT molecular complexity index is 3420. The van der Waals surface area contributed by atoms with Crippen molar-refractivity contribution in [2.45, 2.75) is 26.4 Å². The van der Waals surface area contributed by atoms with Gasteiger partial charge in [-0.3, -0.25) is 29.7 Å². The van der Waals surface area contributed by atoms with E-state index in [1.54, 1.807) is 61.8 Å². The number of nitrogens with zero attached hydrogens (tertiary/aromatic N) is 15. The maximum atomic E-state index is 12.4. The highest BCUT2D eigenvalue weighted by molar-refractivity contribution is 5.93. The molecular weight excluding hydrogens is 1050 g/mol. The fourth-order valence-corrected chi connectivity index (χ4v) is 10.4. The Morgan fingerprint density at radius 3 is 1.31 bits per heavy atom. The molecule has 21 nitrogen and oxygen atoms in total. The lowest BCUT2D eigenvalue weighted by Gasteiger charge is -2.33. The minimum Gasteiger partial charge on any atom is -0.473 e. The molecule has 4 aliphatic heterocycles. The number of likely N-dealkylation sites (N-methyl/N-ethyl adjacent to an activating group) is 4. The highest BCUT2D eigenvalue weighted by Gasteiger charge is 2.24. The van der Waals surface area contributed by atoms with Gasteiger partial charge >= 0.3 is 0 Å². The molecule has 4 aliphatic rings. The number of likely N-dealkylation sites (tertiary alicyclic amines) is 1. The average molecular weight is 1130 g/mol. The summed E-state index contributed by atoms with van der Waals surface area (Å²) in [5, 5.41) is 0. The fraction of sp³-hybridized carbons (Fsp3) is 0.349. The standard InChI is InChI=1S/C16H19N5O.C16H21N5.C16H20N4O.C15H19N5/c1-20-6-8-21(9-7-20)16(22)15-3-2-12(10-19-15)13-4-5-18-11-14(13)17;1-12-13(14-5-6-18-11-15(14)17)3-4-16(19-12)21-9-7-20(2)8-10-21;1-11-13(14-5-7-18-9-15(14)17)3-4-16(19-11)21-12-6-8-20(2)10-12;1-19-6-8-20(9-7-19)15-3-2-12(10-18-15)13-4-5-17-11-14(13)16/h2-5,10-11H,6-9,17H2,1H3;3-6,11H,7-10,17H2,1-2H3;3-5,7,9,12H,6,8,10,17H2,1-2H3;2-5,10-11H,6-9,16H2,1H3/t;;12-;/m..0./s1. The smallest absolute Gasteiger partial charge is 0.272 e. The Morgan fingerprint density at radius 1 is 0.440 bits per heavy atom. The number of aromatic nitrogens is 8. The maximum Gasteiger partial charge on any atom is 0.272 e. The van der Waals surface area contributed by atoms with Crippen LogP contribution >= 0.6 is 0 Å². The van der Waals surface area contributed by atoms with Crippen LogP contribution in [0, 0.1) is 13.8 Å². The van der Waals surface area contributed by atoms with Crippen LogP contribution in [0.15, 0.2) is 135 Å². The highest BCUT2D eigenvalue weighted by atomic mass is 16.5. The summed E-state index contributed by atoms with van der Waals surface area (Å²) in [5.74, 6) is 2.76. The summed E-state index contributed by atoms with van der Waals surface area (Å²) in [6.45, 7) is 17.8. The highest BCUT2D eigenvalue weighted by Crippen LogP contribution is 2.32. The van der Waals surface area contributed by atoms with E-state index in [4.69, 9.17) is 32.7 Å². The molecule has 1 atom stereocenters. The van der Waals surface area contributed by atoms with E-state index in [2.05, 4.69) is 117 Å². The Labute approximate surface area is 493 Å². The molecule has 8 aromatic heterocycles. The van der Waals surface area contributed by atoms with E-state index >= 15 is 0 Å². The van der Waals surface area contributed by atoms with Crippen LogP contribution in [0.1, 0.15) is 28.3 Å². The van der Waals surface area contributed by atoms with E-state index in [0.29, 0.717) is 34.3 Å². The Hall–Kier alpha value is -8.89. The van der Waals surface area contributed by atoms with Crippen molar-refractivity contribution in [1.82, 2.24) is 64.4 Å². The van der Waals surface area contributed by atoms with E-state index < -0.39 is 0 Å². The number of amides is 1.